The molecule has 6 nitrogen and oxygen atoms in total. The fraction of sp³-hybridized carbons (Fsp3) is 0.467. The summed E-state index contributed by atoms with van der Waals surface area (Å²) in [6, 6.07) is 5.45. The molecule has 3 amide bonds. The number of urea groups is 1. The highest BCUT2D eigenvalue weighted by Crippen LogP contribution is 2.24. The zero-order valence-corrected chi connectivity index (χ0v) is 12.6. The van der Waals surface area contributed by atoms with E-state index in [1.165, 1.54) is 0 Å². The van der Waals surface area contributed by atoms with Gasteiger partial charge in [-0.05, 0) is 44.5 Å². The van der Waals surface area contributed by atoms with Crippen molar-refractivity contribution in [1.82, 2.24) is 5.32 Å². The van der Waals surface area contributed by atoms with E-state index in [2.05, 4.69) is 10.6 Å². The van der Waals surface area contributed by atoms with E-state index < -0.39 is 6.10 Å². The standard InChI is InChI=1S/C15H21N3O3/c1-4-21-11(3)14(19)17-13-6-5-12(9-10(13)2)18-8-7-16-15(18)20/h5-6,9,11H,4,7-8H2,1-3H3,(H,16,20)(H,17,19). The first-order valence-electron chi connectivity index (χ1n) is 7.11. The normalized spacial score (nSPS) is 15.8. The maximum atomic E-state index is 11.9. The minimum Gasteiger partial charge on any atom is -0.369 e. The Morgan fingerprint density at radius 1 is 1.52 bits per heavy atom. The Kier molecular flexibility index (Phi) is 4.80. The van der Waals surface area contributed by atoms with E-state index in [0.29, 0.717) is 19.7 Å². The average Bonchev–Trinajstić information content (AvgIpc) is 2.87. The fourth-order valence-corrected chi connectivity index (χ4v) is 2.23. The zero-order valence-electron chi connectivity index (χ0n) is 12.6. The van der Waals surface area contributed by atoms with Crippen molar-refractivity contribution in [3.8, 4) is 0 Å². The first-order chi connectivity index (χ1) is 10.0. The van der Waals surface area contributed by atoms with Crippen molar-refractivity contribution in [2.45, 2.75) is 26.9 Å². The minimum atomic E-state index is -0.488. The third-order valence-electron chi connectivity index (χ3n) is 3.42. The van der Waals surface area contributed by atoms with Crippen LogP contribution in [0.25, 0.3) is 0 Å². The molecule has 0 spiro atoms. The third kappa shape index (κ3) is 3.52. The topological polar surface area (TPSA) is 70.7 Å². The first kappa shape index (κ1) is 15.3. The molecule has 1 aromatic carbocycles. The highest BCUT2D eigenvalue weighted by molar-refractivity contribution is 5.96. The molecule has 1 aliphatic rings. The summed E-state index contributed by atoms with van der Waals surface area (Å²) in [7, 11) is 0. The monoisotopic (exact) mass is 291 g/mol. The Labute approximate surface area is 124 Å². The van der Waals surface area contributed by atoms with Crippen LogP contribution in [0.1, 0.15) is 19.4 Å². The summed E-state index contributed by atoms with van der Waals surface area (Å²) in [5.74, 6) is -0.174. The van der Waals surface area contributed by atoms with Crippen LogP contribution < -0.4 is 15.5 Å². The lowest BCUT2D eigenvalue weighted by Crippen LogP contribution is -2.29. The molecule has 1 heterocycles. The Bertz CT molecular complexity index is 545. The summed E-state index contributed by atoms with van der Waals surface area (Å²) in [5.41, 5.74) is 2.47. The zero-order chi connectivity index (χ0) is 15.4. The highest BCUT2D eigenvalue weighted by atomic mass is 16.5. The summed E-state index contributed by atoms with van der Waals surface area (Å²) in [5, 5.41) is 5.60. The minimum absolute atomic E-state index is 0.0869. The lowest BCUT2D eigenvalue weighted by Gasteiger charge is -2.18. The molecule has 114 valence electrons. The molecule has 1 atom stereocenters. The van der Waals surface area contributed by atoms with Gasteiger partial charge in [-0.15, -0.1) is 0 Å². The van der Waals surface area contributed by atoms with Gasteiger partial charge < -0.3 is 15.4 Å². The molecule has 0 saturated carbocycles. The lowest BCUT2D eigenvalue weighted by molar-refractivity contribution is -0.126. The molecular weight excluding hydrogens is 270 g/mol. The molecule has 6 heteroatoms. The lowest BCUT2D eigenvalue weighted by atomic mass is 10.1. The highest BCUT2D eigenvalue weighted by Gasteiger charge is 2.21. The van der Waals surface area contributed by atoms with Crippen LogP contribution in [-0.2, 0) is 9.53 Å². The van der Waals surface area contributed by atoms with E-state index >= 15 is 0 Å². The number of ether oxygens (including phenoxy) is 1. The second kappa shape index (κ2) is 6.58. The number of rotatable bonds is 5. The molecular formula is C15H21N3O3. The van der Waals surface area contributed by atoms with Gasteiger partial charge in [-0.1, -0.05) is 0 Å². The summed E-state index contributed by atoms with van der Waals surface area (Å²) in [6.45, 7) is 7.28. The molecule has 0 aliphatic carbocycles. The number of carbonyl (C=O) groups excluding carboxylic acids is 2. The largest absolute Gasteiger partial charge is 0.369 e. The SMILES string of the molecule is CCOC(C)C(=O)Nc1ccc(N2CCNC2=O)cc1C. The molecule has 0 aromatic heterocycles. The van der Waals surface area contributed by atoms with E-state index in [0.717, 1.165) is 16.9 Å². The van der Waals surface area contributed by atoms with Crippen LogP contribution >= 0.6 is 0 Å². The van der Waals surface area contributed by atoms with Crippen molar-refractivity contribution in [2.75, 3.05) is 29.9 Å². The summed E-state index contributed by atoms with van der Waals surface area (Å²) in [6.07, 6.45) is -0.488. The van der Waals surface area contributed by atoms with Crippen LogP contribution in [0.5, 0.6) is 0 Å². The van der Waals surface area contributed by atoms with Crippen molar-refractivity contribution in [2.24, 2.45) is 0 Å². The number of hydrogen-bond acceptors (Lipinski definition) is 3. The fourth-order valence-electron chi connectivity index (χ4n) is 2.23. The average molecular weight is 291 g/mol. The van der Waals surface area contributed by atoms with Gasteiger partial charge >= 0.3 is 6.03 Å². The van der Waals surface area contributed by atoms with Crippen molar-refractivity contribution in [3.63, 3.8) is 0 Å². The van der Waals surface area contributed by atoms with Crippen LogP contribution in [0.15, 0.2) is 18.2 Å². The van der Waals surface area contributed by atoms with E-state index in [1.807, 2.05) is 32.0 Å². The number of anilines is 2. The van der Waals surface area contributed by atoms with Gasteiger partial charge in [-0.2, -0.15) is 0 Å². The number of hydrogen-bond donors (Lipinski definition) is 2. The summed E-state index contributed by atoms with van der Waals surface area (Å²) >= 11 is 0. The Morgan fingerprint density at radius 2 is 2.29 bits per heavy atom. The van der Waals surface area contributed by atoms with E-state index in [4.69, 9.17) is 4.74 Å². The molecule has 1 aromatic rings. The van der Waals surface area contributed by atoms with Gasteiger partial charge in [0, 0.05) is 31.1 Å². The Balaban J connectivity index is 2.09. The maximum absolute atomic E-state index is 11.9. The van der Waals surface area contributed by atoms with Gasteiger partial charge in [0.1, 0.15) is 6.10 Å². The van der Waals surface area contributed by atoms with E-state index in [1.54, 1.807) is 11.8 Å². The molecule has 0 bridgehead atoms. The quantitative estimate of drug-likeness (QED) is 0.870. The molecule has 1 aliphatic heterocycles. The second-order valence-corrected chi connectivity index (χ2v) is 4.97. The van der Waals surface area contributed by atoms with Crippen LogP contribution in [0.4, 0.5) is 16.2 Å². The van der Waals surface area contributed by atoms with Crippen molar-refractivity contribution >= 4 is 23.3 Å². The predicted octanol–water partition coefficient (Wildman–Crippen LogP) is 1.89. The number of nitrogens with zero attached hydrogens (tertiary/aromatic N) is 1. The number of nitrogens with one attached hydrogen (secondary N) is 2. The van der Waals surface area contributed by atoms with Gasteiger partial charge in [0.2, 0.25) is 0 Å². The summed E-state index contributed by atoms with van der Waals surface area (Å²) in [4.78, 5) is 25.3. The molecule has 2 N–H and O–H groups in total. The molecule has 0 radical (unpaired) electrons. The molecule has 1 saturated heterocycles. The van der Waals surface area contributed by atoms with Gasteiger partial charge in [0.15, 0.2) is 0 Å². The van der Waals surface area contributed by atoms with Gasteiger partial charge in [0.05, 0.1) is 0 Å². The smallest absolute Gasteiger partial charge is 0.321 e. The van der Waals surface area contributed by atoms with Gasteiger partial charge in [0.25, 0.3) is 5.91 Å². The maximum Gasteiger partial charge on any atom is 0.321 e. The van der Waals surface area contributed by atoms with Crippen LogP contribution in [0.3, 0.4) is 0 Å². The van der Waals surface area contributed by atoms with Crippen molar-refractivity contribution in [1.29, 1.82) is 0 Å². The van der Waals surface area contributed by atoms with Crippen molar-refractivity contribution in [3.05, 3.63) is 23.8 Å². The van der Waals surface area contributed by atoms with Gasteiger partial charge in [-0.25, -0.2) is 4.79 Å². The number of amides is 3. The molecule has 1 unspecified atom stereocenters. The number of carbonyl (C=O) groups is 2. The number of aryl methyl sites for hydroxylation is 1. The van der Waals surface area contributed by atoms with Crippen LogP contribution in [0.2, 0.25) is 0 Å². The second-order valence-electron chi connectivity index (χ2n) is 4.97. The number of benzene rings is 1. The van der Waals surface area contributed by atoms with Gasteiger partial charge in [-0.3, -0.25) is 9.69 Å². The van der Waals surface area contributed by atoms with Crippen molar-refractivity contribution < 1.29 is 14.3 Å². The van der Waals surface area contributed by atoms with E-state index in [-0.39, 0.29) is 11.9 Å². The third-order valence-corrected chi connectivity index (χ3v) is 3.42. The summed E-state index contributed by atoms with van der Waals surface area (Å²) < 4.78 is 5.26. The molecule has 1 fully saturated rings. The Hall–Kier alpha value is -2.08. The molecule has 2 rings (SSSR count). The van der Waals surface area contributed by atoms with Crippen LogP contribution in [-0.4, -0.2) is 37.7 Å². The Morgan fingerprint density at radius 3 is 2.86 bits per heavy atom. The van der Waals surface area contributed by atoms with Crippen LogP contribution in [0, 0.1) is 6.92 Å². The van der Waals surface area contributed by atoms with E-state index in [9.17, 15) is 9.59 Å². The predicted molar refractivity (Wildman–Crippen MR) is 81.6 cm³/mol. The molecule has 21 heavy (non-hydrogen) atoms. The first-order valence-corrected chi connectivity index (χ1v) is 7.11.